The van der Waals surface area contributed by atoms with Crippen molar-refractivity contribution >= 4 is 5.97 Å². The first-order chi connectivity index (χ1) is 5.99. The second-order valence-electron chi connectivity index (χ2n) is 2.74. The summed E-state index contributed by atoms with van der Waals surface area (Å²) in [6.07, 6.45) is -4.73. The number of rotatable bonds is 6. The largest absolute Gasteiger partial charge is 0.479 e. The van der Waals surface area contributed by atoms with Crippen molar-refractivity contribution in [3.63, 3.8) is 0 Å². The molecule has 0 amide bonds. The van der Waals surface area contributed by atoms with E-state index in [-0.39, 0.29) is 13.0 Å². The molecule has 6 nitrogen and oxygen atoms in total. The third-order valence-electron chi connectivity index (χ3n) is 1.62. The number of aliphatic carboxylic acids is 1. The molecule has 0 aliphatic carbocycles. The lowest BCUT2D eigenvalue weighted by Gasteiger charge is -2.17. The molecule has 0 bridgehead atoms. The number of carboxylic acid groups (broad SMARTS) is 1. The van der Waals surface area contributed by atoms with Gasteiger partial charge in [-0.15, -0.1) is 0 Å². The minimum Gasteiger partial charge on any atom is -0.479 e. The first-order valence-electron chi connectivity index (χ1n) is 3.87. The van der Waals surface area contributed by atoms with E-state index in [4.69, 9.17) is 25.5 Å². The van der Waals surface area contributed by atoms with Gasteiger partial charge in [-0.05, 0) is 6.42 Å². The van der Waals surface area contributed by atoms with Crippen LogP contribution in [0.25, 0.3) is 0 Å². The third-order valence-corrected chi connectivity index (χ3v) is 1.62. The summed E-state index contributed by atoms with van der Waals surface area (Å²) in [6, 6.07) is 0. The van der Waals surface area contributed by atoms with Crippen molar-refractivity contribution in [1.82, 2.24) is 0 Å². The highest BCUT2D eigenvalue weighted by Gasteiger charge is 2.23. The Morgan fingerprint density at radius 2 is 1.69 bits per heavy atom. The standard InChI is InChI=1S/C7H14O6/c8-2-1-4(9)5(10)3-6(11)7(12)13/h4-6,8-11H,1-3H2,(H,12,13). The van der Waals surface area contributed by atoms with Crippen LogP contribution < -0.4 is 0 Å². The topological polar surface area (TPSA) is 118 Å². The summed E-state index contributed by atoms with van der Waals surface area (Å²) in [5.41, 5.74) is 0. The molecule has 0 aromatic heterocycles. The average Bonchev–Trinajstić information content (AvgIpc) is 2.04. The van der Waals surface area contributed by atoms with Crippen molar-refractivity contribution in [1.29, 1.82) is 0 Å². The molecular formula is C7H14O6. The van der Waals surface area contributed by atoms with Gasteiger partial charge < -0.3 is 25.5 Å². The maximum Gasteiger partial charge on any atom is 0.332 e. The highest BCUT2D eigenvalue weighted by molar-refractivity contribution is 5.71. The van der Waals surface area contributed by atoms with Gasteiger partial charge in [0.2, 0.25) is 0 Å². The SMILES string of the molecule is O=C(O)C(O)CC(O)C(O)CCO. The van der Waals surface area contributed by atoms with E-state index in [2.05, 4.69) is 0 Å². The van der Waals surface area contributed by atoms with Gasteiger partial charge in [0.05, 0.1) is 12.2 Å². The molecule has 0 spiro atoms. The predicted octanol–water partition coefficient (Wildman–Crippen LogP) is -2.07. The molecule has 0 aliphatic rings. The van der Waals surface area contributed by atoms with Crippen LogP contribution in [0.3, 0.4) is 0 Å². The number of hydrogen-bond donors (Lipinski definition) is 5. The zero-order chi connectivity index (χ0) is 10.4. The molecule has 13 heavy (non-hydrogen) atoms. The van der Waals surface area contributed by atoms with Crippen LogP contribution in [0.15, 0.2) is 0 Å². The molecule has 0 saturated heterocycles. The highest BCUT2D eigenvalue weighted by atomic mass is 16.4. The zero-order valence-corrected chi connectivity index (χ0v) is 7.00. The molecule has 3 unspecified atom stereocenters. The normalized spacial score (nSPS) is 17.8. The molecule has 3 atom stereocenters. The van der Waals surface area contributed by atoms with Crippen molar-refractivity contribution in [2.45, 2.75) is 31.2 Å². The van der Waals surface area contributed by atoms with Gasteiger partial charge in [-0.25, -0.2) is 4.79 Å². The maximum atomic E-state index is 10.1. The number of carbonyl (C=O) groups is 1. The molecule has 6 heteroatoms. The van der Waals surface area contributed by atoms with E-state index >= 15 is 0 Å². The molecule has 0 aromatic carbocycles. The van der Waals surface area contributed by atoms with E-state index < -0.39 is 30.7 Å². The molecular weight excluding hydrogens is 180 g/mol. The molecule has 5 N–H and O–H groups in total. The maximum absolute atomic E-state index is 10.1. The molecule has 0 aliphatic heterocycles. The number of hydrogen-bond acceptors (Lipinski definition) is 5. The van der Waals surface area contributed by atoms with Crippen molar-refractivity contribution in [3.05, 3.63) is 0 Å². The predicted molar refractivity (Wildman–Crippen MR) is 42.0 cm³/mol. The molecule has 0 radical (unpaired) electrons. The minimum atomic E-state index is -1.69. The summed E-state index contributed by atoms with van der Waals surface area (Å²) in [5, 5.41) is 43.5. The second kappa shape index (κ2) is 5.87. The lowest BCUT2D eigenvalue weighted by atomic mass is 10.0. The highest BCUT2D eigenvalue weighted by Crippen LogP contribution is 2.06. The molecule has 0 rings (SSSR count). The van der Waals surface area contributed by atoms with E-state index in [1.807, 2.05) is 0 Å². The first kappa shape index (κ1) is 12.3. The summed E-state index contributed by atoms with van der Waals surface area (Å²) >= 11 is 0. The van der Waals surface area contributed by atoms with Gasteiger partial charge in [0.1, 0.15) is 0 Å². The van der Waals surface area contributed by atoms with Crippen LogP contribution in [0, 0.1) is 0 Å². The van der Waals surface area contributed by atoms with E-state index in [1.54, 1.807) is 0 Å². The minimum absolute atomic E-state index is 0.0481. The van der Waals surface area contributed by atoms with Gasteiger partial charge in [-0.2, -0.15) is 0 Å². The summed E-state index contributed by atoms with van der Waals surface area (Å²) in [4.78, 5) is 10.1. The quantitative estimate of drug-likeness (QED) is 0.331. The fourth-order valence-corrected chi connectivity index (χ4v) is 0.811. The van der Waals surface area contributed by atoms with Crippen LogP contribution in [-0.2, 0) is 4.79 Å². The Bertz CT molecular complexity index is 159. The van der Waals surface area contributed by atoms with Crippen LogP contribution in [0.5, 0.6) is 0 Å². The van der Waals surface area contributed by atoms with Gasteiger partial charge in [-0.1, -0.05) is 0 Å². The van der Waals surface area contributed by atoms with Crippen LogP contribution in [0.2, 0.25) is 0 Å². The van der Waals surface area contributed by atoms with Crippen molar-refractivity contribution in [3.8, 4) is 0 Å². The molecule has 0 fully saturated rings. The van der Waals surface area contributed by atoms with Crippen molar-refractivity contribution < 1.29 is 30.3 Å². The average molecular weight is 194 g/mol. The fraction of sp³-hybridized carbons (Fsp3) is 0.857. The Balaban J connectivity index is 3.84. The molecule has 0 heterocycles. The Morgan fingerprint density at radius 3 is 2.08 bits per heavy atom. The third kappa shape index (κ3) is 4.79. The number of aliphatic hydroxyl groups is 4. The van der Waals surface area contributed by atoms with Gasteiger partial charge in [0.25, 0.3) is 0 Å². The molecule has 78 valence electrons. The Morgan fingerprint density at radius 1 is 1.15 bits per heavy atom. The van der Waals surface area contributed by atoms with Gasteiger partial charge in [0, 0.05) is 13.0 Å². The molecule has 0 aromatic rings. The lowest BCUT2D eigenvalue weighted by molar-refractivity contribution is -0.149. The summed E-state index contributed by atoms with van der Waals surface area (Å²) in [7, 11) is 0. The zero-order valence-electron chi connectivity index (χ0n) is 7.00. The summed E-state index contributed by atoms with van der Waals surface area (Å²) in [6.45, 7) is -0.304. The Kier molecular flexibility index (Phi) is 5.56. The first-order valence-corrected chi connectivity index (χ1v) is 3.87. The van der Waals surface area contributed by atoms with Gasteiger partial charge in [0.15, 0.2) is 6.10 Å². The van der Waals surface area contributed by atoms with Crippen molar-refractivity contribution in [2.24, 2.45) is 0 Å². The van der Waals surface area contributed by atoms with Crippen LogP contribution in [0.4, 0.5) is 0 Å². The van der Waals surface area contributed by atoms with Crippen molar-refractivity contribution in [2.75, 3.05) is 6.61 Å². The summed E-state index contributed by atoms with van der Waals surface area (Å²) < 4.78 is 0. The van der Waals surface area contributed by atoms with Gasteiger partial charge in [-0.3, -0.25) is 0 Å². The Labute approximate surface area is 75.1 Å². The smallest absolute Gasteiger partial charge is 0.332 e. The number of carboxylic acids is 1. The summed E-state index contributed by atoms with van der Waals surface area (Å²) in [5.74, 6) is -1.45. The van der Waals surface area contributed by atoms with E-state index in [0.29, 0.717) is 0 Å². The fourth-order valence-electron chi connectivity index (χ4n) is 0.811. The van der Waals surface area contributed by atoms with Crippen LogP contribution >= 0.6 is 0 Å². The number of aliphatic hydroxyl groups excluding tert-OH is 4. The molecule has 0 saturated carbocycles. The van der Waals surface area contributed by atoms with Crippen LogP contribution in [0.1, 0.15) is 12.8 Å². The monoisotopic (exact) mass is 194 g/mol. The van der Waals surface area contributed by atoms with E-state index in [9.17, 15) is 4.79 Å². The second-order valence-corrected chi connectivity index (χ2v) is 2.74. The van der Waals surface area contributed by atoms with E-state index in [1.165, 1.54) is 0 Å². The van der Waals surface area contributed by atoms with Crippen LogP contribution in [-0.4, -0.2) is 56.4 Å². The Hall–Kier alpha value is -0.690. The van der Waals surface area contributed by atoms with Gasteiger partial charge >= 0.3 is 5.97 Å². The van der Waals surface area contributed by atoms with E-state index in [0.717, 1.165) is 0 Å². The lowest BCUT2D eigenvalue weighted by Crippen LogP contribution is -2.33.